The number of hydrogen-bond donors (Lipinski definition) is 1. The molecule has 2 aromatic heterocycles. The number of hydrogen-bond acceptors (Lipinski definition) is 4. The molecule has 2 rings (SSSR count). The van der Waals surface area contributed by atoms with Crippen LogP contribution in [0.25, 0.3) is 0 Å². The van der Waals surface area contributed by atoms with E-state index in [2.05, 4.69) is 11.8 Å². The summed E-state index contributed by atoms with van der Waals surface area (Å²) in [6.45, 7) is 4.96. The predicted molar refractivity (Wildman–Crippen MR) is 77.4 cm³/mol. The molecule has 0 fully saturated rings. The van der Waals surface area contributed by atoms with Crippen molar-refractivity contribution in [3.8, 4) is 11.8 Å². The first-order valence-corrected chi connectivity index (χ1v) is 7.19. The highest BCUT2D eigenvalue weighted by Crippen LogP contribution is 2.18. The van der Waals surface area contributed by atoms with Crippen LogP contribution in [0.2, 0.25) is 0 Å². The van der Waals surface area contributed by atoms with Crippen LogP contribution in [0.3, 0.4) is 0 Å². The molecule has 2 heterocycles. The fraction of sp³-hybridized carbons (Fsp3) is 0.308. The van der Waals surface area contributed by atoms with Crippen LogP contribution < -0.4 is 10.6 Å². The lowest BCUT2D eigenvalue weighted by molar-refractivity contribution is 0.761. The number of rotatable bonds is 2. The number of thiophene rings is 1. The third-order valence-electron chi connectivity index (χ3n) is 2.66. The molecule has 3 nitrogen and oxygen atoms in total. The Morgan fingerprint density at radius 1 is 1.33 bits per heavy atom. The van der Waals surface area contributed by atoms with Gasteiger partial charge in [0, 0.05) is 15.4 Å². The fourth-order valence-corrected chi connectivity index (χ4v) is 3.30. The van der Waals surface area contributed by atoms with Crippen molar-refractivity contribution in [3.05, 3.63) is 42.1 Å². The summed E-state index contributed by atoms with van der Waals surface area (Å²) < 4.78 is 1.81. The highest BCUT2D eigenvalue weighted by molar-refractivity contribution is 7.12. The Bertz CT molecular complexity index is 667. The van der Waals surface area contributed by atoms with E-state index in [1.807, 2.05) is 30.5 Å². The molecular formula is C13H14N2OS2. The van der Waals surface area contributed by atoms with Gasteiger partial charge in [0.25, 0.3) is 0 Å². The van der Waals surface area contributed by atoms with Gasteiger partial charge in [-0.2, -0.15) is 0 Å². The van der Waals surface area contributed by atoms with Gasteiger partial charge in [0.2, 0.25) is 0 Å². The van der Waals surface area contributed by atoms with Crippen molar-refractivity contribution in [2.24, 2.45) is 5.73 Å². The van der Waals surface area contributed by atoms with E-state index >= 15 is 0 Å². The number of nitrogens with two attached hydrogens (primary N) is 1. The maximum atomic E-state index is 11.8. The molecule has 0 spiro atoms. The van der Waals surface area contributed by atoms with E-state index in [-0.39, 0.29) is 4.87 Å². The summed E-state index contributed by atoms with van der Waals surface area (Å²) in [7, 11) is 0. The minimum Gasteiger partial charge on any atom is -0.320 e. The molecule has 0 aliphatic carbocycles. The Hall–Kier alpha value is -1.35. The molecule has 0 bridgehead atoms. The summed E-state index contributed by atoms with van der Waals surface area (Å²) >= 11 is 2.91. The van der Waals surface area contributed by atoms with Gasteiger partial charge >= 0.3 is 4.87 Å². The van der Waals surface area contributed by atoms with Crippen LogP contribution in [0, 0.1) is 25.7 Å². The Balaban J connectivity index is 2.24. The van der Waals surface area contributed by atoms with Crippen LogP contribution in [0.1, 0.15) is 20.3 Å². The average molecular weight is 278 g/mol. The van der Waals surface area contributed by atoms with Crippen molar-refractivity contribution in [2.75, 3.05) is 6.54 Å². The van der Waals surface area contributed by atoms with Crippen LogP contribution in [0.5, 0.6) is 0 Å². The third kappa shape index (κ3) is 2.72. The molecule has 0 saturated carbocycles. The smallest absolute Gasteiger partial charge is 0.307 e. The van der Waals surface area contributed by atoms with Gasteiger partial charge < -0.3 is 5.73 Å². The summed E-state index contributed by atoms with van der Waals surface area (Å²) in [4.78, 5) is 15.1. The third-order valence-corrected chi connectivity index (χ3v) is 4.65. The Morgan fingerprint density at radius 3 is 2.72 bits per heavy atom. The van der Waals surface area contributed by atoms with E-state index in [0.29, 0.717) is 13.1 Å². The molecule has 2 aromatic rings. The molecule has 0 aromatic carbocycles. The molecule has 18 heavy (non-hydrogen) atoms. The van der Waals surface area contributed by atoms with E-state index in [4.69, 9.17) is 5.73 Å². The molecule has 0 amide bonds. The molecule has 0 radical (unpaired) electrons. The quantitative estimate of drug-likeness (QED) is 0.854. The molecule has 2 N–H and O–H groups in total. The number of thiazole rings is 1. The molecule has 94 valence electrons. The van der Waals surface area contributed by atoms with Crippen LogP contribution >= 0.6 is 22.7 Å². The van der Waals surface area contributed by atoms with Gasteiger partial charge in [-0.05, 0) is 26.0 Å². The normalized spacial score (nSPS) is 10.2. The topological polar surface area (TPSA) is 48.0 Å². The first-order chi connectivity index (χ1) is 8.61. The largest absolute Gasteiger partial charge is 0.320 e. The first kappa shape index (κ1) is 13.1. The van der Waals surface area contributed by atoms with Crippen molar-refractivity contribution >= 4 is 22.7 Å². The summed E-state index contributed by atoms with van der Waals surface area (Å²) in [5.74, 6) is 5.83. The maximum Gasteiger partial charge on any atom is 0.307 e. The second kappa shape index (κ2) is 5.53. The van der Waals surface area contributed by atoms with Gasteiger partial charge in [-0.15, -0.1) is 11.3 Å². The van der Waals surface area contributed by atoms with E-state index in [0.717, 1.165) is 20.3 Å². The minimum absolute atomic E-state index is 0.105. The summed E-state index contributed by atoms with van der Waals surface area (Å²) in [6.07, 6.45) is 0. The Kier molecular flexibility index (Phi) is 4.02. The van der Waals surface area contributed by atoms with E-state index < -0.39 is 0 Å². The van der Waals surface area contributed by atoms with Crippen LogP contribution in [0.15, 0.2) is 16.9 Å². The van der Waals surface area contributed by atoms with Crippen molar-refractivity contribution in [1.29, 1.82) is 0 Å². The molecule has 0 saturated heterocycles. The average Bonchev–Trinajstić information content (AvgIpc) is 2.88. The molecule has 0 aliphatic heterocycles. The second-order valence-corrected chi connectivity index (χ2v) is 6.20. The molecule has 0 aliphatic rings. The highest BCUT2D eigenvalue weighted by Gasteiger charge is 2.08. The summed E-state index contributed by atoms with van der Waals surface area (Å²) in [5, 5.41) is 0. The lowest BCUT2D eigenvalue weighted by Gasteiger charge is -2.01. The minimum atomic E-state index is 0.105. The summed E-state index contributed by atoms with van der Waals surface area (Å²) in [5.41, 5.74) is 6.39. The van der Waals surface area contributed by atoms with Gasteiger partial charge in [-0.3, -0.25) is 9.36 Å². The van der Waals surface area contributed by atoms with Crippen LogP contribution in [0.4, 0.5) is 0 Å². The maximum absolute atomic E-state index is 11.8. The second-order valence-electron chi connectivity index (χ2n) is 3.87. The van der Waals surface area contributed by atoms with Gasteiger partial charge in [-0.25, -0.2) is 0 Å². The zero-order chi connectivity index (χ0) is 13.1. The predicted octanol–water partition coefficient (Wildman–Crippen LogP) is 1.95. The van der Waals surface area contributed by atoms with Gasteiger partial charge in [0.05, 0.1) is 18.0 Å². The zero-order valence-electron chi connectivity index (χ0n) is 10.3. The molecular weight excluding hydrogens is 264 g/mol. The number of nitrogens with zero attached hydrogens (tertiary/aromatic N) is 1. The van der Waals surface area contributed by atoms with Gasteiger partial charge in [0.1, 0.15) is 0 Å². The van der Waals surface area contributed by atoms with Crippen molar-refractivity contribution in [3.63, 3.8) is 0 Å². The number of aromatic nitrogens is 1. The Labute approximate surface area is 114 Å². The molecule has 5 heteroatoms. The van der Waals surface area contributed by atoms with Gasteiger partial charge in [0.15, 0.2) is 0 Å². The van der Waals surface area contributed by atoms with Crippen molar-refractivity contribution < 1.29 is 0 Å². The van der Waals surface area contributed by atoms with E-state index in [1.165, 1.54) is 11.3 Å². The SMILES string of the molecule is Cc1sc(=O)n(Cc2ccc(C#CCN)s2)c1C. The van der Waals surface area contributed by atoms with E-state index in [9.17, 15) is 4.79 Å². The standard InChI is InChI=1S/C13H14N2OS2/c1-9-10(2)17-13(16)15(9)8-12-6-5-11(18-12)4-3-7-14/h5-6H,7-8,14H2,1-2H3. The number of aryl methyl sites for hydroxylation is 1. The zero-order valence-corrected chi connectivity index (χ0v) is 12.0. The Morgan fingerprint density at radius 2 is 2.11 bits per heavy atom. The van der Waals surface area contributed by atoms with E-state index in [1.54, 1.807) is 11.3 Å². The lowest BCUT2D eigenvalue weighted by Crippen LogP contribution is -2.14. The van der Waals surface area contributed by atoms with Crippen molar-refractivity contribution in [1.82, 2.24) is 4.57 Å². The first-order valence-electron chi connectivity index (χ1n) is 5.56. The van der Waals surface area contributed by atoms with Crippen molar-refractivity contribution in [2.45, 2.75) is 20.4 Å². The monoisotopic (exact) mass is 278 g/mol. The fourth-order valence-electron chi connectivity index (χ4n) is 1.59. The molecule has 0 atom stereocenters. The summed E-state index contributed by atoms with van der Waals surface area (Å²) in [6, 6.07) is 3.99. The van der Waals surface area contributed by atoms with Crippen LogP contribution in [-0.4, -0.2) is 11.1 Å². The van der Waals surface area contributed by atoms with Gasteiger partial charge in [-0.1, -0.05) is 23.2 Å². The highest BCUT2D eigenvalue weighted by atomic mass is 32.1. The lowest BCUT2D eigenvalue weighted by atomic mass is 10.4. The van der Waals surface area contributed by atoms with Crippen LogP contribution in [-0.2, 0) is 6.54 Å². The molecule has 0 unspecified atom stereocenters.